The van der Waals surface area contributed by atoms with Gasteiger partial charge in [0.1, 0.15) is 17.2 Å². The molecule has 31 heavy (non-hydrogen) atoms. The number of hydrogen-bond donors (Lipinski definition) is 1. The van der Waals surface area contributed by atoms with Gasteiger partial charge in [0.15, 0.2) is 0 Å². The first kappa shape index (κ1) is 20.9. The lowest BCUT2D eigenvalue weighted by Gasteiger charge is -2.16. The highest BCUT2D eigenvalue weighted by atomic mass is 32.1. The van der Waals surface area contributed by atoms with Crippen LogP contribution in [0.25, 0.3) is 21.3 Å². The number of thiophene rings is 1. The number of amides is 1. The summed E-state index contributed by atoms with van der Waals surface area (Å²) in [6.07, 6.45) is 2.30. The number of nitrogens with zero attached hydrogens (tertiary/aromatic N) is 2. The summed E-state index contributed by atoms with van der Waals surface area (Å²) in [5.74, 6) is -0.364. The molecule has 0 saturated heterocycles. The van der Waals surface area contributed by atoms with Gasteiger partial charge in [-0.3, -0.25) is 14.2 Å². The Morgan fingerprint density at radius 2 is 1.90 bits per heavy atom. The molecule has 0 bridgehead atoms. The molecule has 2 heterocycles. The zero-order chi connectivity index (χ0) is 21.8. The van der Waals surface area contributed by atoms with E-state index in [1.807, 2.05) is 23.6 Å². The highest BCUT2D eigenvalue weighted by Gasteiger charge is 2.16. The van der Waals surface area contributed by atoms with E-state index >= 15 is 0 Å². The fourth-order valence-electron chi connectivity index (χ4n) is 3.59. The second-order valence-corrected chi connectivity index (χ2v) is 8.19. The number of carbonyl (C=O) groups is 1. The summed E-state index contributed by atoms with van der Waals surface area (Å²) in [5.41, 5.74) is 2.33. The van der Waals surface area contributed by atoms with Gasteiger partial charge in [-0.2, -0.15) is 0 Å². The maximum atomic E-state index is 13.3. The maximum absolute atomic E-state index is 13.3. The first-order valence-corrected chi connectivity index (χ1v) is 11.0. The van der Waals surface area contributed by atoms with Crippen molar-refractivity contribution in [3.63, 3.8) is 0 Å². The van der Waals surface area contributed by atoms with Crippen molar-refractivity contribution in [1.82, 2.24) is 14.9 Å². The van der Waals surface area contributed by atoms with Crippen molar-refractivity contribution < 1.29 is 9.18 Å². The van der Waals surface area contributed by atoms with E-state index in [4.69, 9.17) is 0 Å². The van der Waals surface area contributed by atoms with Crippen LogP contribution in [0, 0.1) is 5.82 Å². The largest absolute Gasteiger partial charge is 0.354 e. The molecule has 0 spiro atoms. The van der Waals surface area contributed by atoms with Crippen molar-refractivity contribution in [3.8, 4) is 11.1 Å². The molecule has 1 N–H and O–H groups in total. The van der Waals surface area contributed by atoms with Gasteiger partial charge in [-0.1, -0.05) is 49.4 Å². The molecule has 0 saturated carbocycles. The molecule has 1 unspecified atom stereocenters. The standard InChI is InChI=1S/C24H22FN3O2S/c1-2-16(17-6-4-3-5-7-17)12-26-21(29)13-28-15-27-23-22(24(28)30)20(14-31-23)18-8-10-19(25)11-9-18/h3-11,14-16H,2,12-13H2,1H3,(H,26,29). The Balaban J connectivity index is 1.52. The summed E-state index contributed by atoms with van der Waals surface area (Å²) in [7, 11) is 0. The number of hydrogen-bond acceptors (Lipinski definition) is 4. The lowest BCUT2D eigenvalue weighted by atomic mass is 9.96. The van der Waals surface area contributed by atoms with Crippen LogP contribution in [0.15, 0.2) is 71.1 Å². The van der Waals surface area contributed by atoms with Gasteiger partial charge in [-0.05, 0) is 29.7 Å². The highest BCUT2D eigenvalue weighted by molar-refractivity contribution is 7.17. The third-order valence-electron chi connectivity index (χ3n) is 5.34. The predicted molar refractivity (Wildman–Crippen MR) is 122 cm³/mol. The molecular weight excluding hydrogens is 413 g/mol. The first-order valence-electron chi connectivity index (χ1n) is 10.1. The monoisotopic (exact) mass is 435 g/mol. The third kappa shape index (κ3) is 4.56. The normalized spacial score (nSPS) is 12.1. The van der Waals surface area contributed by atoms with Crippen LogP contribution < -0.4 is 10.9 Å². The number of carbonyl (C=O) groups excluding carboxylic acids is 1. The summed E-state index contributed by atoms with van der Waals surface area (Å²) in [6.45, 7) is 2.48. The summed E-state index contributed by atoms with van der Waals surface area (Å²) >= 11 is 1.35. The van der Waals surface area contributed by atoms with E-state index in [1.54, 1.807) is 12.1 Å². The second-order valence-electron chi connectivity index (χ2n) is 7.33. The van der Waals surface area contributed by atoms with Crippen molar-refractivity contribution in [2.45, 2.75) is 25.8 Å². The van der Waals surface area contributed by atoms with Crippen LogP contribution >= 0.6 is 11.3 Å². The number of aromatic nitrogens is 2. The fraction of sp³-hybridized carbons (Fsp3) is 0.208. The molecule has 0 fully saturated rings. The first-order chi connectivity index (χ1) is 15.1. The van der Waals surface area contributed by atoms with E-state index < -0.39 is 0 Å². The van der Waals surface area contributed by atoms with Crippen LogP contribution in [-0.2, 0) is 11.3 Å². The molecule has 4 rings (SSSR count). The zero-order valence-electron chi connectivity index (χ0n) is 17.0. The molecule has 1 amide bonds. The van der Waals surface area contributed by atoms with Gasteiger partial charge in [0.2, 0.25) is 5.91 Å². The third-order valence-corrected chi connectivity index (χ3v) is 6.23. The molecule has 2 aromatic carbocycles. The Morgan fingerprint density at radius 1 is 1.16 bits per heavy atom. The van der Waals surface area contributed by atoms with Crippen molar-refractivity contribution in [1.29, 1.82) is 0 Å². The van der Waals surface area contributed by atoms with Gasteiger partial charge in [0.05, 0.1) is 11.7 Å². The Morgan fingerprint density at radius 3 is 2.61 bits per heavy atom. The minimum Gasteiger partial charge on any atom is -0.354 e. The van der Waals surface area contributed by atoms with Crippen molar-refractivity contribution in [2.24, 2.45) is 0 Å². The van der Waals surface area contributed by atoms with E-state index in [2.05, 4.69) is 29.4 Å². The molecule has 7 heteroatoms. The second kappa shape index (κ2) is 9.22. The molecule has 0 aliphatic heterocycles. The van der Waals surface area contributed by atoms with Gasteiger partial charge < -0.3 is 5.32 Å². The van der Waals surface area contributed by atoms with Gasteiger partial charge in [0, 0.05) is 23.4 Å². The molecule has 2 aromatic heterocycles. The summed E-state index contributed by atoms with van der Waals surface area (Å²) in [5, 5.41) is 5.22. The minimum absolute atomic E-state index is 0.105. The van der Waals surface area contributed by atoms with Gasteiger partial charge in [-0.15, -0.1) is 11.3 Å². The lowest BCUT2D eigenvalue weighted by molar-refractivity contribution is -0.121. The van der Waals surface area contributed by atoms with Crippen LogP contribution in [0.1, 0.15) is 24.8 Å². The summed E-state index contributed by atoms with van der Waals surface area (Å²) in [4.78, 5) is 30.6. The Labute approximate surface area is 183 Å². The van der Waals surface area contributed by atoms with E-state index in [0.29, 0.717) is 22.3 Å². The topological polar surface area (TPSA) is 64.0 Å². The highest BCUT2D eigenvalue weighted by Crippen LogP contribution is 2.30. The molecular formula is C24H22FN3O2S. The lowest BCUT2D eigenvalue weighted by Crippen LogP contribution is -2.34. The quantitative estimate of drug-likeness (QED) is 0.462. The van der Waals surface area contributed by atoms with Crippen molar-refractivity contribution in [2.75, 3.05) is 6.54 Å². The SMILES string of the molecule is CCC(CNC(=O)Cn1cnc2scc(-c3ccc(F)cc3)c2c1=O)c1ccccc1. The number of nitrogens with one attached hydrogen (secondary N) is 1. The molecule has 4 aromatic rings. The van der Waals surface area contributed by atoms with Crippen LogP contribution in [0.4, 0.5) is 4.39 Å². The van der Waals surface area contributed by atoms with E-state index in [0.717, 1.165) is 12.0 Å². The number of fused-ring (bicyclic) bond motifs is 1. The van der Waals surface area contributed by atoms with E-state index in [9.17, 15) is 14.0 Å². The van der Waals surface area contributed by atoms with Gasteiger partial charge in [-0.25, -0.2) is 9.37 Å². The van der Waals surface area contributed by atoms with Gasteiger partial charge in [0.25, 0.3) is 5.56 Å². The van der Waals surface area contributed by atoms with Crippen LogP contribution in [0.5, 0.6) is 0 Å². The average Bonchev–Trinajstić information content (AvgIpc) is 3.22. The van der Waals surface area contributed by atoms with Gasteiger partial charge >= 0.3 is 0 Å². The smallest absolute Gasteiger partial charge is 0.263 e. The fourth-order valence-corrected chi connectivity index (χ4v) is 4.50. The molecule has 0 aliphatic rings. The zero-order valence-corrected chi connectivity index (χ0v) is 17.9. The van der Waals surface area contributed by atoms with Crippen LogP contribution in [-0.4, -0.2) is 22.0 Å². The molecule has 0 aliphatic carbocycles. The summed E-state index contributed by atoms with van der Waals surface area (Å²) in [6, 6.07) is 16.0. The maximum Gasteiger partial charge on any atom is 0.263 e. The molecule has 5 nitrogen and oxygen atoms in total. The average molecular weight is 436 g/mol. The predicted octanol–water partition coefficient (Wildman–Crippen LogP) is 4.57. The minimum atomic E-state index is -0.337. The number of halogens is 1. The van der Waals surface area contributed by atoms with Crippen LogP contribution in [0.3, 0.4) is 0 Å². The van der Waals surface area contributed by atoms with Crippen molar-refractivity contribution in [3.05, 3.63) is 88.0 Å². The Bertz CT molecular complexity index is 1250. The van der Waals surface area contributed by atoms with Crippen LogP contribution in [0.2, 0.25) is 0 Å². The summed E-state index contributed by atoms with van der Waals surface area (Å²) < 4.78 is 14.6. The molecule has 0 radical (unpaired) electrons. The van der Waals surface area contributed by atoms with E-state index in [-0.39, 0.29) is 29.7 Å². The Kier molecular flexibility index (Phi) is 6.23. The van der Waals surface area contributed by atoms with Crippen molar-refractivity contribution >= 4 is 27.5 Å². The Hall–Kier alpha value is -3.32. The number of benzene rings is 2. The number of rotatable bonds is 7. The van der Waals surface area contributed by atoms with E-state index in [1.165, 1.54) is 39.9 Å². The molecule has 158 valence electrons. The molecule has 1 atom stereocenters.